The summed E-state index contributed by atoms with van der Waals surface area (Å²) >= 11 is 0. The summed E-state index contributed by atoms with van der Waals surface area (Å²) < 4.78 is 10.6. The van der Waals surface area contributed by atoms with E-state index in [1.165, 1.54) is 18.1 Å². The van der Waals surface area contributed by atoms with Crippen molar-refractivity contribution >= 4 is 14.0 Å². The van der Waals surface area contributed by atoms with Gasteiger partial charge in [0, 0.05) is 22.1 Å². The number of allylic oxidation sites excluding steroid dienone is 1. The summed E-state index contributed by atoms with van der Waals surface area (Å²) in [4.78, 5) is 11.6. The molecular formula is C24H36O3Si. The molecule has 0 spiro atoms. The molecular weight excluding hydrogens is 364 g/mol. The molecule has 28 heavy (non-hydrogen) atoms. The summed E-state index contributed by atoms with van der Waals surface area (Å²) in [6.07, 6.45) is 2.50. The molecule has 0 amide bonds. The van der Waals surface area contributed by atoms with E-state index < -0.39 is 13.7 Å². The normalized spacial score (nSPS) is 14.4. The Bertz CT molecular complexity index is 694. The fourth-order valence-corrected chi connectivity index (χ4v) is 5.03. The van der Waals surface area contributed by atoms with Gasteiger partial charge in [-0.1, -0.05) is 74.0 Å². The van der Waals surface area contributed by atoms with E-state index in [1.807, 2.05) is 13.0 Å². The summed E-state index contributed by atoms with van der Waals surface area (Å²) in [5.74, 6) is 6.08. The molecule has 3 nitrogen and oxygen atoms in total. The maximum absolute atomic E-state index is 11.6. The van der Waals surface area contributed by atoms with E-state index in [2.05, 4.69) is 62.3 Å². The number of hydrogen-bond donors (Lipinski definition) is 0. The molecule has 2 atom stereocenters. The van der Waals surface area contributed by atoms with Gasteiger partial charge in [-0.25, -0.2) is 0 Å². The quantitative estimate of drug-likeness (QED) is 0.225. The van der Waals surface area contributed by atoms with E-state index in [-0.39, 0.29) is 5.97 Å². The van der Waals surface area contributed by atoms with Crippen molar-refractivity contribution in [2.75, 3.05) is 13.7 Å². The van der Waals surface area contributed by atoms with Crippen LogP contribution in [0.1, 0.15) is 32.3 Å². The molecule has 154 valence electrons. The van der Waals surface area contributed by atoms with Crippen molar-refractivity contribution in [1.29, 1.82) is 0 Å². The number of carbonyl (C=O) groups is 1. The number of benzene rings is 1. The van der Waals surface area contributed by atoms with Gasteiger partial charge in [-0.05, 0) is 43.7 Å². The summed E-state index contributed by atoms with van der Waals surface area (Å²) in [6, 6.07) is 11.6. The standard InChI is InChI=1S/C24H36O3Si/c1-20(19-28(5,6)7)23(18-22-12-9-8-10-13-22)14-16-24(3,27-21(2)25)15-11-17-26-4/h8-10,12-13,23H,1,14,16-19H2,2-7H3. The third-order valence-electron chi connectivity index (χ3n) is 4.57. The predicted octanol–water partition coefficient (Wildman–Crippen LogP) is 5.49. The van der Waals surface area contributed by atoms with Gasteiger partial charge in [-0.2, -0.15) is 0 Å². The van der Waals surface area contributed by atoms with Gasteiger partial charge < -0.3 is 9.47 Å². The van der Waals surface area contributed by atoms with Crippen molar-refractivity contribution in [3.8, 4) is 11.8 Å². The first-order chi connectivity index (χ1) is 13.0. The van der Waals surface area contributed by atoms with E-state index in [9.17, 15) is 4.79 Å². The van der Waals surface area contributed by atoms with Crippen LogP contribution < -0.4 is 0 Å². The minimum atomic E-state index is -1.26. The zero-order chi connectivity index (χ0) is 21.2. The number of carbonyl (C=O) groups excluding carboxylic acids is 1. The van der Waals surface area contributed by atoms with Gasteiger partial charge in [0.1, 0.15) is 6.61 Å². The lowest BCUT2D eigenvalue weighted by Crippen LogP contribution is -2.31. The average Bonchev–Trinajstić information content (AvgIpc) is 2.57. The van der Waals surface area contributed by atoms with Crippen LogP contribution in [-0.2, 0) is 20.7 Å². The minimum Gasteiger partial charge on any atom is -0.446 e. The molecule has 0 bridgehead atoms. The van der Waals surface area contributed by atoms with Crippen molar-refractivity contribution in [2.45, 2.75) is 64.4 Å². The van der Waals surface area contributed by atoms with Gasteiger partial charge in [0.2, 0.25) is 0 Å². The zero-order valence-electron chi connectivity index (χ0n) is 18.4. The van der Waals surface area contributed by atoms with Crippen LogP contribution in [0.4, 0.5) is 0 Å². The lowest BCUT2D eigenvalue weighted by molar-refractivity contribution is -0.150. The monoisotopic (exact) mass is 400 g/mol. The Morgan fingerprint density at radius 1 is 1.25 bits per heavy atom. The predicted molar refractivity (Wildman–Crippen MR) is 120 cm³/mol. The van der Waals surface area contributed by atoms with Crippen LogP contribution in [0.2, 0.25) is 25.7 Å². The van der Waals surface area contributed by atoms with Crippen molar-refractivity contribution < 1.29 is 14.3 Å². The van der Waals surface area contributed by atoms with Crippen molar-refractivity contribution in [1.82, 2.24) is 0 Å². The molecule has 0 aliphatic heterocycles. The molecule has 0 aromatic heterocycles. The molecule has 0 fully saturated rings. The molecule has 1 aromatic rings. The summed E-state index contributed by atoms with van der Waals surface area (Å²) in [7, 11) is 0.349. The van der Waals surface area contributed by atoms with Crippen LogP contribution in [-0.4, -0.2) is 33.4 Å². The Balaban J connectivity index is 2.97. The number of ether oxygens (including phenoxy) is 2. The van der Waals surface area contributed by atoms with E-state index in [0.717, 1.165) is 18.9 Å². The van der Waals surface area contributed by atoms with Gasteiger partial charge in [0.05, 0.1) is 0 Å². The molecule has 0 N–H and O–H groups in total. The first kappa shape index (κ1) is 24.2. The van der Waals surface area contributed by atoms with Crippen LogP contribution in [0.15, 0.2) is 42.5 Å². The smallest absolute Gasteiger partial charge is 0.304 e. The maximum atomic E-state index is 11.6. The van der Waals surface area contributed by atoms with E-state index in [1.54, 1.807) is 7.11 Å². The topological polar surface area (TPSA) is 35.5 Å². The second-order valence-electron chi connectivity index (χ2n) is 8.88. The SMILES string of the molecule is C=C(C[Si](C)(C)C)C(CCC(C)(C#CCOC)OC(C)=O)Cc1ccccc1. The largest absolute Gasteiger partial charge is 0.446 e. The molecule has 0 saturated heterocycles. The first-order valence-corrected chi connectivity index (χ1v) is 13.7. The van der Waals surface area contributed by atoms with Crippen LogP contribution in [0.3, 0.4) is 0 Å². The van der Waals surface area contributed by atoms with Crippen LogP contribution in [0, 0.1) is 17.8 Å². The average molecular weight is 401 g/mol. The van der Waals surface area contributed by atoms with Crippen LogP contribution >= 0.6 is 0 Å². The number of hydrogen-bond acceptors (Lipinski definition) is 3. The summed E-state index contributed by atoms with van der Waals surface area (Å²) in [5.41, 5.74) is 1.81. The molecule has 0 aliphatic rings. The third-order valence-corrected chi connectivity index (χ3v) is 6.08. The van der Waals surface area contributed by atoms with E-state index >= 15 is 0 Å². The zero-order valence-corrected chi connectivity index (χ0v) is 19.4. The van der Waals surface area contributed by atoms with Crippen molar-refractivity contribution in [3.63, 3.8) is 0 Å². The van der Waals surface area contributed by atoms with Gasteiger partial charge in [-0.3, -0.25) is 4.79 Å². The van der Waals surface area contributed by atoms with Crippen molar-refractivity contribution in [3.05, 3.63) is 48.0 Å². The lowest BCUT2D eigenvalue weighted by atomic mass is 9.85. The van der Waals surface area contributed by atoms with Gasteiger partial charge >= 0.3 is 5.97 Å². The molecule has 1 aromatic carbocycles. The molecule has 4 heteroatoms. The molecule has 2 unspecified atom stereocenters. The Morgan fingerprint density at radius 3 is 2.43 bits per heavy atom. The summed E-state index contributed by atoms with van der Waals surface area (Å²) in [5, 5.41) is 0. The van der Waals surface area contributed by atoms with E-state index in [4.69, 9.17) is 9.47 Å². The second-order valence-corrected chi connectivity index (χ2v) is 14.4. The molecule has 1 rings (SSSR count). The maximum Gasteiger partial charge on any atom is 0.304 e. The number of rotatable bonds is 10. The van der Waals surface area contributed by atoms with Gasteiger partial charge in [-0.15, -0.1) is 0 Å². The van der Waals surface area contributed by atoms with Crippen LogP contribution in [0.5, 0.6) is 0 Å². The fourth-order valence-electron chi connectivity index (χ4n) is 3.38. The number of methoxy groups -OCH3 is 1. The van der Waals surface area contributed by atoms with Gasteiger partial charge in [0.15, 0.2) is 5.60 Å². The highest BCUT2D eigenvalue weighted by molar-refractivity contribution is 6.76. The Kier molecular flexibility index (Phi) is 9.71. The second kappa shape index (κ2) is 11.2. The number of esters is 1. The minimum absolute atomic E-state index is 0.310. The Morgan fingerprint density at radius 2 is 1.89 bits per heavy atom. The highest BCUT2D eigenvalue weighted by atomic mass is 28.3. The van der Waals surface area contributed by atoms with Crippen LogP contribution in [0.25, 0.3) is 0 Å². The molecule has 0 aliphatic carbocycles. The highest BCUT2D eigenvalue weighted by Crippen LogP contribution is 2.31. The summed E-state index contributed by atoms with van der Waals surface area (Å²) in [6.45, 7) is 15.2. The van der Waals surface area contributed by atoms with E-state index in [0.29, 0.717) is 18.9 Å². The van der Waals surface area contributed by atoms with Crippen molar-refractivity contribution in [2.24, 2.45) is 5.92 Å². The highest BCUT2D eigenvalue weighted by Gasteiger charge is 2.28. The third kappa shape index (κ3) is 9.92. The Hall–Kier alpha value is -1.83. The molecule has 0 saturated carbocycles. The first-order valence-electron chi connectivity index (χ1n) is 9.95. The fraction of sp³-hybridized carbons (Fsp3) is 0.542. The molecule has 0 heterocycles. The van der Waals surface area contributed by atoms with Gasteiger partial charge in [0.25, 0.3) is 0 Å². The Labute approximate surface area is 172 Å². The lowest BCUT2D eigenvalue weighted by Gasteiger charge is -2.29. The molecule has 0 radical (unpaired) electrons.